The lowest BCUT2D eigenvalue weighted by Gasteiger charge is -2.43. The van der Waals surface area contributed by atoms with Crippen LogP contribution in [0.5, 0.6) is 0 Å². The molecule has 0 N–H and O–H groups in total. The van der Waals surface area contributed by atoms with Crippen molar-refractivity contribution in [3.05, 3.63) is 0 Å². The Balaban J connectivity index is 2.74. The van der Waals surface area contributed by atoms with E-state index in [9.17, 15) is 4.79 Å². The van der Waals surface area contributed by atoms with Crippen molar-refractivity contribution in [3.63, 3.8) is 0 Å². The van der Waals surface area contributed by atoms with Crippen molar-refractivity contribution < 1.29 is 4.79 Å². The molecule has 0 bridgehead atoms. The molecule has 2 nitrogen and oxygen atoms in total. The van der Waals surface area contributed by atoms with Crippen LogP contribution in [-0.2, 0) is 4.79 Å². The fourth-order valence-electron chi connectivity index (χ4n) is 2.63. The van der Waals surface area contributed by atoms with Gasteiger partial charge < -0.3 is 0 Å². The third-order valence-corrected chi connectivity index (χ3v) is 3.97. The van der Waals surface area contributed by atoms with Crippen LogP contribution in [0.1, 0.15) is 45.4 Å². The molecule has 0 unspecified atom stereocenters. The molecule has 0 aromatic rings. The van der Waals surface area contributed by atoms with Gasteiger partial charge >= 0.3 is 0 Å². The summed E-state index contributed by atoms with van der Waals surface area (Å²) in [6, 6.07) is 0. The molecule has 0 spiro atoms. The number of terminal acetylenes is 1. The number of likely N-dealkylation sites (N-methyl/N-ethyl adjacent to an activating group) is 1. The summed E-state index contributed by atoms with van der Waals surface area (Å²) in [7, 11) is 4.04. The standard InChI is InChI=1S/C14H23NO/c1-5-6-7-13(16)14(15(3)4)10-8-12(2)9-11-14/h1,12H,6-11H2,2-4H3. The summed E-state index contributed by atoms with van der Waals surface area (Å²) in [5.41, 5.74) is -0.233. The topological polar surface area (TPSA) is 20.3 Å². The summed E-state index contributed by atoms with van der Waals surface area (Å²) in [6.45, 7) is 2.27. The van der Waals surface area contributed by atoms with Crippen molar-refractivity contribution in [3.8, 4) is 12.3 Å². The third-order valence-electron chi connectivity index (χ3n) is 3.97. The van der Waals surface area contributed by atoms with Gasteiger partial charge in [-0.25, -0.2) is 0 Å². The Kier molecular flexibility index (Phi) is 4.56. The van der Waals surface area contributed by atoms with Gasteiger partial charge in [0.2, 0.25) is 0 Å². The average molecular weight is 221 g/mol. The molecular formula is C14H23NO. The number of hydrogen-bond donors (Lipinski definition) is 0. The molecule has 2 heteroatoms. The lowest BCUT2D eigenvalue weighted by Crippen LogP contribution is -2.53. The predicted molar refractivity (Wildman–Crippen MR) is 67.1 cm³/mol. The number of hydrogen-bond acceptors (Lipinski definition) is 2. The molecule has 1 aliphatic carbocycles. The first-order chi connectivity index (χ1) is 7.53. The van der Waals surface area contributed by atoms with Crippen molar-refractivity contribution in [2.75, 3.05) is 14.1 Å². The zero-order valence-electron chi connectivity index (χ0n) is 10.8. The normalized spacial score (nSPS) is 30.1. The molecule has 1 saturated carbocycles. The van der Waals surface area contributed by atoms with Gasteiger partial charge in [-0.05, 0) is 45.7 Å². The third kappa shape index (κ3) is 2.65. The van der Waals surface area contributed by atoms with Crippen LogP contribution in [0.15, 0.2) is 0 Å². The lowest BCUT2D eigenvalue weighted by atomic mass is 9.73. The Morgan fingerprint density at radius 2 is 2.00 bits per heavy atom. The van der Waals surface area contributed by atoms with E-state index in [0.29, 0.717) is 18.6 Å². The van der Waals surface area contributed by atoms with E-state index >= 15 is 0 Å². The SMILES string of the molecule is C#CCCC(=O)C1(N(C)C)CCC(C)CC1. The molecule has 0 aromatic heterocycles. The van der Waals surface area contributed by atoms with Crippen LogP contribution in [-0.4, -0.2) is 30.3 Å². The molecule has 1 rings (SSSR count). The molecule has 0 atom stereocenters. The summed E-state index contributed by atoms with van der Waals surface area (Å²) in [5.74, 6) is 3.66. The molecule has 0 heterocycles. The van der Waals surface area contributed by atoms with Crippen LogP contribution in [0.2, 0.25) is 0 Å². The highest BCUT2D eigenvalue weighted by Crippen LogP contribution is 2.36. The summed E-state index contributed by atoms with van der Waals surface area (Å²) in [6.07, 6.45) is 10.6. The first-order valence-corrected chi connectivity index (χ1v) is 6.17. The number of carbonyl (C=O) groups excluding carboxylic acids is 1. The van der Waals surface area contributed by atoms with E-state index in [4.69, 9.17) is 6.42 Å². The van der Waals surface area contributed by atoms with E-state index < -0.39 is 0 Å². The van der Waals surface area contributed by atoms with Gasteiger partial charge in [0, 0.05) is 12.8 Å². The Morgan fingerprint density at radius 1 is 1.44 bits per heavy atom. The summed E-state index contributed by atoms with van der Waals surface area (Å²) >= 11 is 0. The van der Waals surface area contributed by atoms with Crippen LogP contribution < -0.4 is 0 Å². The highest BCUT2D eigenvalue weighted by Gasteiger charge is 2.41. The maximum Gasteiger partial charge on any atom is 0.154 e. The molecule has 1 aliphatic rings. The lowest BCUT2D eigenvalue weighted by molar-refractivity contribution is -0.132. The zero-order valence-corrected chi connectivity index (χ0v) is 10.8. The maximum atomic E-state index is 12.3. The Hall–Kier alpha value is -0.810. The molecule has 0 aliphatic heterocycles. The van der Waals surface area contributed by atoms with Crippen molar-refractivity contribution in [1.82, 2.24) is 4.90 Å². The predicted octanol–water partition coefficient (Wildman–Crippen LogP) is 2.48. The first-order valence-electron chi connectivity index (χ1n) is 6.17. The summed E-state index contributed by atoms with van der Waals surface area (Å²) in [5, 5.41) is 0. The van der Waals surface area contributed by atoms with Crippen molar-refractivity contribution in [2.45, 2.75) is 51.0 Å². The van der Waals surface area contributed by atoms with E-state index in [2.05, 4.69) is 17.7 Å². The van der Waals surface area contributed by atoms with E-state index in [1.165, 1.54) is 0 Å². The van der Waals surface area contributed by atoms with E-state index in [-0.39, 0.29) is 5.54 Å². The minimum absolute atomic E-state index is 0.233. The van der Waals surface area contributed by atoms with E-state index in [0.717, 1.165) is 31.6 Å². The van der Waals surface area contributed by atoms with Crippen molar-refractivity contribution in [1.29, 1.82) is 0 Å². The van der Waals surface area contributed by atoms with Crippen LogP contribution in [0.4, 0.5) is 0 Å². The zero-order chi connectivity index (χ0) is 12.2. The molecule has 0 radical (unpaired) electrons. The number of nitrogens with zero attached hydrogens (tertiary/aromatic N) is 1. The van der Waals surface area contributed by atoms with Gasteiger partial charge in [-0.15, -0.1) is 12.3 Å². The Morgan fingerprint density at radius 3 is 2.44 bits per heavy atom. The number of ketones is 1. The molecular weight excluding hydrogens is 198 g/mol. The second-order valence-electron chi connectivity index (χ2n) is 5.24. The monoisotopic (exact) mass is 221 g/mol. The largest absolute Gasteiger partial charge is 0.298 e. The van der Waals surface area contributed by atoms with Gasteiger partial charge in [-0.1, -0.05) is 6.92 Å². The fraction of sp³-hybridized carbons (Fsp3) is 0.786. The van der Waals surface area contributed by atoms with Crippen LogP contribution in [0, 0.1) is 18.3 Å². The van der Waals surface area contributed by atoms with Gasteiger partial charge in [0.1, 0.15) is 0 Å². The number of Topliss-reactive ketones (excluding diaryl/α,β-unsaturated/α-hetero) is 1. The average Bonchev–Trinajstić information content (AvgIpc) is 2.26. The quantitative estimate of drug-likeness (QED) is 0.680. The van der Waals surface area contributed by atoms with Gasteiger partial charge in [0.15, 0.2) is 5.78 Å². The van der Waals surface area contributed by atoms with Gasteiger partial charge in [0.25, 0.3) is 0 Å². The van der Waals surface area contributed by atoms with Crippen LogP contribution in [0.3, 0.4) is 0 Å². The molecule has 90 valence electrons. The number of rotatable bonds is 4. The Bertz CT molecular complexity index is 280. The van der Waals surface area contributed by atoms with Crippen LogP contribution >= 0.6 is 0 Å². The minimum atomic E-state index is -0.233. The Labute approximate surface area is 99.4 Å². The minimum Gasteiger partial charge on any atom is -0.298 e. The summed E-state index contributed by atoms with van der Waals surface area (Å²) < 4.78 is 0. The molecule has 0 saturated heterocycles. The summed E-state index contributed by atoms with van der Waals surface area (Å²) in [4.78, 5) is 14.4. The van der Waals surface area contributed by atoms with E-state index in [1.54, 1.807) is 0 Å². The number of carbonyl (C=O) groups is 1. The van der Waals surface area contributed by atoms with Gasteiger partial charge in [0.05, 0.1) is 5.54 Å². The second kappa shape index (κ2) is 5.50. The van der Waals surface area contributed by atoms with Crippen molar-refractivity contribution >= 4 is 5.78 Å². The maximum absolute atomic E-state index is 12.3. The fourth-order valence-corrected chi connectivity index (χ4v) is 2.63. The van der Waals surface area contributed by atoms with Gasteiger partial charge in [-0.2, -0.15) is 0 Å². The highest BCUT2D eigenvalue weighted by atomic mass is 16.1. The van der Waals surface area contributed by atoms with Crippen molar-refractivity contribution in [2.24, 2.45) is 5.92 Å². The first kappa shape index (κ1) is 13.3. The molecule has 0 aromatic carbocycles. The molecule has 16 heavy (non-hydrogen) atoms. The van der Waals surface area contributed by atoms with Crippen LogP contribution in [0.25, 0.3) is 0 Å². The molecule has 0 amide bonds. The highest BCUT2D eigenvalue weighted by molar-refractivity contribution is 5.88. The smallest absolute Gasteiger partial charge is 0.154 e. The van der Waals surface area contributed by atoms with E-state index in [1.807, 2.05) is 14.1 Å². The second-order valence-corrected chi connectivity index (χ2v) is 5.24. The van der Waals surface area contributed by atoms with Gasteiger partial charge in [-0.3, -0.25) is 9.69 Å². The molecule has 1 fully saturated rings.